The van der Waals surface area contributed by atoms with Crippen molar-refractivity contribution in [2.24, 2.45) is 4.99 Å². The number of rotatable bonds is 10. The van der Waals surface area contributed by atoms with Crippen molar-refractivity contribution >= 4 is 5.96 Å². The van der Waals surface area contributed by atoms with Crippen LogP contribution in [0.5, 0.6) is 0 Å². The number of benzene rings is 1. The van der Waals surface area contributed by atoms with Gasteiger partial charge in [0.2, 0.25) is 0 Å². The Morgan fingerprint density at radius 1 is 1.12 bits per heavy atom. The fourth-order valence-electron chi connectivity index (χ4n) is 2.99. The molecule has 0 saturated heterocycles. The van der Waals surface area contributed by atoms with Crippen molar-refractivity contribution in [3.05, 3.63) is 35.9 Å². The molecule has 2 rings (SSSR count). The molecule has 0 bridgehead atoms. The molecule has 5 heteroatoms. The van der Waals surface area contributed by atoms with Gasteiger partial charge in [-0.1, -0.05) is 36.8 Å². The number of aliphatic imine (C=N–C) groups is 1. The molecule has 0 amide bonds. The molecule has 0 unspecified atom stereocenters. The van der Waals surface area contributed by atoms with E-state index in [1.165, 1.54) is 24.8 Å². The molecule has 1 saturated carbocycles. The minimum absolute atomic E-state index is 0.221. The highest BCUT2D eigenvalue weighted by atomic mass is 16.5. The second kappa shape index (κ2) is 10.3. The molecule has 1 fully saturated rings. The molecular formula is C19H31N3O2. The quantitative estimate of drug-likeness (QED) is 0.392. The molecule has 134 valence electrons. The molecule has 1 aliphatic rings. The Bertz CT molecular complexity index is 487. The van der Waals surface area contributed by atoms with Crippen molar-refractivity contribution in [1.82, 2.24) is 10.6 Å². The minimum atomic E-state index is 0.221. The lowest BCUT2D eigenvalue weighted by atomic mass is 9.64. The van der Waals surface area contributed by atoms with Crippen LogP contribution >= 0.6 is 0 Å². The number of hydrogen-bond donors (Lipinski definition) is 2. The number of methoxy groups -OCH3 is 1. The predicted octanol–water partition coefficient (Wildman–Crippen LogP) is 2.33. The SMILES string of the molecule is CCNC(=NCC1(c2ccccc2)CCC1)NCCOCCOC. The van der Waals surface area contributed by atoms with Crippen LogP contribution < -0.4 is 10.6 Å². The Labute approximate surface area is 145 Å². The van der Waals surface area contributed by atoms with Crippen LogP contribution in [0.4, 0.5) is 0 Å². The lowest BCUT2D eigenvalue weighted by molar-refractivity contribution is 0.0733. The van der Waals surface area contributed by atoms with E-state index >= 15 is 0 Å². The summed E-state index contributed by atoms with van der Waals surface area (Å²) in [6, 6.07) is 10.8. The molecular weight excluding hydrogens is 302 g/mol. The van der Waals surface area contributed by atoms with E-state index in [4.69, 9.17) is 14.5 Å². The average Bonchev–Trinajstić information content (AvgIpc) is 2.58. The summed E-state index contributed by atoms with van der Waals surface area (Å²) in [5.74, 6) is 0.870. The maximum atomic E-state index is 5.48. The Morgan fingerprint density at radius 3 is 2.54 bits per heavy atom. The van der Waals surface area contributed by atoms with Crippen molar-refractivity contribution in [3.8, 4) is 0 Å². The first kappa shape index (κ1) is 18.7. The smallest absolute Gasteiger partial charge is 0.191 e. The van der Waals surface area contributed by atoms with Gasteiger partial charge < -0.3 is 20.1 Å². The van der Waals surface area contributed by atoms with E-state index in [-0.39, 0.29) is 5.41 Å². The summed E-state index contributed by atoms with van der Waals surface area (Å²) in [6.07, 6.45) is 3.74. The summed E-state index contributed by atoms with van der Waals surface area (Å²) in [4.78, 5) is 4.83. The minimum Gasteiger partial charge on any atom is -0.382 e. The third-order valence-electron chi connectivity index (χ3n) is 4.55. The molecule has 0 aliphatic heterocycles. The van der Waals surface area contributed by atoms with Crippen molar-refractivity contribution < 1.29 is 9.47 Å². The summed E-state index contributed by atoms with van der Waals surface area (Å²) in [5.41, 5.74) is 1.64. The standard InChI is InChI=1S/C19H31N3O2/c1-3-20-18(21-12-13-24-15-14-23-2)22-16-19(10-7-11-19)17-8-5-4-6-9-17/h4-6,8-9H,3,7,10-16H2,1-2H3,(H2,20,21,22). The van der Waals surface area contributed by atoms with Gasteiger partial charge in [0.15, 0.2) is 5.96 Å². The molecule has 0 spiro atoms. The topological polar surface area (TPSA) is 54.9 Å². The number of nitrogens with zero attached hydrogens (tertiary/aromatic N) is 1. The van der Waals surface area contributed by atoms with Crippen molar-refractivity contribution in [3.63, 3.8) is 0 Å². The van der Waals surface area contributed by atoms with Crippen LogP contribution in [0.3, 0.4) is 0 Å². The van der Waals surface area contributed by atoms with Gasteiger partial charge >= 0.3 is 0 Å². The van der Waals surface area contributed by atoms with Gasteiger partial charge in [-0.2, -0.15) is 0 Å². The van der Waals surface area contributed by atoms with Crippen LogP contribution in [0.15, 0.2) is 35.3 Å². The zero-order valence-corrected chi connectivity index (χ0v) is 15.0. The van der Waals surface area contributed by atoms with Gasteiger partial charge in [0.1, 0.15) is 0 Å². The lowest BCUT2D eigenvalue weighted by Gasteiger charge is -2.41. The average molecular weight is 333 g/mol. The highest BCUT2D eigenvalue weighted by Gasteiger charge is 2.38. The number of nitrogens with one attached hydrogen (secondary N) is 2. The highest BCUT2D eigenvalue weighted by molar-refractivity contribution is 5.79. The number of hydrogen-bond acceptors (Lipinski definition) is 3. The first-order chi connectivity index (χ1) is 11.8. The largest absolute Gasteiger partial charge is 0.382 e. The van der Waals surface area contributed by atoms with Crippen LogP contribution in [0.1, 0.15) is 31.7 Å². The third-order valence-corrected chi connectivity index (χ3v) is 4.55. The van der Waals surface area contributed by atoms with E-state index in [9.17, 15) is 0 Å². The molecule has 0 heterocycles. The van der Waals surface area contributed by atoms with Gasteiger partial charge in [-0.25, -0.2) is 0 Å². The van der Waals surface area contributed by atoms with Crippen molar-refractivity contribution in [2.45, 2.75) is 31.6 Å². The van der Waals surface area contributed by atoms with Crippen molar-refractivity contribution in [2.75, 3.05) is 46.6 Å². The van der Waals surface area contributed by atoms with Gasteiger partial charge in [0.25, 0.3) is 0 Å². The Kier molecular flexibility index (Phi) is 8.05. The van der Waals surface area contributed by atoms with Gasteiger partial charge in [0, 0.05) is 25.6 Å². The number of guanidine groups is 1. The first-order valence-electron chi connectivity index (χ1n) is 8.95. The normalized spacial score (nSPS) is 16.5. The van der Waals surface area contributed by atoms with Crippen LogP contribution in [0.2, 0.25) is 0 Å². The Morgan fingerprint density at radius 2 is 1.92 bits per heavy atom. The van der Waals surface area contributed by atoms with E-state index in [0.29, 0.717) is 19.8 Å². The zero-order chi connectivity index (χ0) is 17.1. The second-order valence-electron chi connectivity index (χ2n) is 6.23. The van der Waals surface area contributed by atoms with Crippen LogP contribution in [0, 0.1) is 0 Å². The summed E-state index contributed by atoms with van der Waals surface area (Å²) in [7, 11) is 1.68. The summed E-state index contributed by atoms with van der Waals surface area (Å²) < 4.78 is 10.4. The molecule has 0 aromatic heterocycles. The van der Waals surface area contributed by atoms with Gasteiger partial charge in [-0.05, 0) is 25.3 Å². The number of ether oxygens (including phenoxy) is 2. The van der Waals surface area contributed by atoms with E-state index in [2.05, 4.69) is 47.9 Å². The monoisotopic (exact) mass is 333 g/mol. The maximum Gasteiger partial charge on any atom is 0.191 e. The molecule has 2 N–H and O–H groups in total. The molecule has 1 aromatic rings. The summed E-state index contributed by atoms with van der Waals surface area (Å²) in [5, 5.41) is 6.66. The Hall–Kier alpha value is -1.59. The van der Waals surface area contributed by atoms with Gasteiger partial charge in [0.05, 0.1) is 26.4 Å². The zero-order valence-electron chi connectivity index (χ0n) is 15.0. The summed E-state index contributed by atoms with van der Waals surface area (Å²) in [6.45, 7) is 6.43. The first-order valence-corrected chi connectivity index (χ1v) is 8.95. The Balaban J connectivity index is 1.85. The lowest BCUT2D eigenvalue weighted by Crippen LogP contribution is -2.42. The molecule has 1 aromatic carbocycles. The van der Waals surface area contributed by atoms with Crippen LogP contribution in [-0.2, 0) is 14.9 Å². The van der Waals surface area contributed by atoms with Crippen LogP contribution in [-0.4, -0.2) is 52.5 Å². The fourth-order valence-corrected chi connectivity index (χ4v) is 2.99. The van der Waals surface area contributed by atoms with E-state index in [1.54, 1.807) is 7.11 Å². The molecule has 5 nitrogen and oxygen atoms in total. The van der Waals surface area contributed by atoms with Gasteiger partial charge in [-0.3, -0.25) is 4.99 Å². The van der Waals surface area contributed by atoms with Crippen molar-refractivity contribution in [1.29, 1.82) is 0 Å². The van der Waals surface area contributed by atoms with E-state index < -0.39 is 0 Å². The maximum absolute atomic E-state index is 5.48. The predicted molar refractivity (Wildman–Crippen MR) is 98.6 cm³/mol. The third kappa shape index (κ3) is 5.49. The van der Waals surface area contributed by atoms with Crippen LogP contribution in [0.25, 0.3) is 0 Å². The van der Waals surface area contributed by atoms with Gasteiger partial charge in [-0.15, -0.1) is 0 Å². The van der Waals surface area contributed by atoms with E-state index in [0.717, 1.165) is 25.6 Å². The molecule has 0 atom stereocenters. The van der Waals surface area contributed by atoms with E-state index in [1.807, 2.05) is 0 Å². The fraction of sp³-hybridized carbons (Fsp3) is 0.632. The molecule has 1 aliphatic carbocycles. The molecule has 0 radical (unpaired) electrons. The highest BCUT2D eigenvalue weighted by Crippen LogP contribution is 2.43. The molecule has 24 heavy (non-hydrogen) atoms. The summed E-state index contributed by atoms with van der Waals surface area (Å²) >= 11 is 0. The second-order valence-corrected chi connectivity index (χ2v) is 6.23.